The molecular weight excluding hydrogens is 128 g/mol. The molecule has 58 valence electrons. The van der Waals surface area contributed by atoms with E-state index in [2.05, 4.69) is 5.43 Å². The maximum absolute atomic E-state index is 5.45. The minimum absolute atomic E-state index is 0.258. The van der Waals surface area contributed by atoms with Gasteiger partial charge in [-0.05, 0) is 19.9 Å². The van der Waals surface area contributed by atoms with E-state index in [1.165, 1.54) is 0 Å². The molecule has 0 amide bonds. The summed E-state index contributed by atoms with van der Waals surface area (Å²) < 4.78 is 5.45. The molecule has 1 aliphatic heterocycles. The molecule has 1 aliphatic rings. The summed E-state index contributed by atoms with van der Waals surface area (Å²) in [5, 5.41) is 1.89. The predicted molar refractivity (Wildman–Crippen MR) is 40.1 cm³/mol. The molecule has 0 bridgehead atoms. The van der Waals surface area contributed by atoms with Gasteiger partial charge in [0.2, 0.25) is 5.88 Å². The van der Waals surface area contributed by atoms with Crippen LogP contribution in [0.3, 0.4) is 0 Å². The van der Waals surface area contributed by atoms with Gasteiger partial charge in [-0.25, -0.2) is 5.43 Å². The third-order valence-electron chi connectivity index (χ3n) is 1.29. The van der Waals surface area contributed by atoms with E-state index in [0.29, 0.717) is 0 Å². The summed E-state index contributed by atoms with van der Waals surface area (Å²) in [5.74, 6) is 0.926. The minimum atomic E-state index is 0.258. The maximum Gasteiger partial charge on any atom is 0.201 e. The Kier molecular flexibility index (Phi) is 2.17. The fourth-order valence-electron chi connectivity index (χ4n) is 0.853. The number of nitrogens with zero attached hydrogens (tertiary/aromatic N) is 1. The molecule has 0 saturated heterocycles. The summed E-state index contributed by atoms with van der Waals surface area (Å²) in [6.45, 7) is 4.92. The first-order valence-electron chi connectivity index (χ1n) is 3.54. The number of rotatable bonds is 2. The monoisotopic (exact) mass is 142 g/mol. The van der Waals surface area contributed by atoms with Gasteiger partial charge in [-0.1, -0.05) is 0 Å². The zero-order chi connectivity index (χ0) is 7.56. The summed E-state index contributed by atoms with van der Waals surface area (Å²) >= 11 is 0. The Morgan fingerprint density at radius 1 is 1.70 bits per heavy atom. The van der Waals surface area contributed by atoms with Gasteiger partial charge in [0.25, 0.3) is 0 Å². The molecule has 0 aliphatic carbocycles. The van der Waals surface area contributed by atoms with Crippen LogP contribution in [0.2, 0.25) is 0 Å². The summed E-state index contributed by atoms with van der Waals surface area (Å²) in [6.07, 6.45) is 2.29. The lowest BCUT2D eigenvalue weighted by atomic mass is 10.5. The van der Waals surface area contributed by atoms with E-state index in [-0.39, 0.29) is 6.10 Å². The standard InChI is InChI=1S/C7H14N2O/c1-6(2)10-7-4-5-8-9(7)3/h4,6,8H,5H2,1-3H3. The molecule has 0 radical (unpaired) electrons. The van der Waals surface area contributed by atoms with Crippen LogP contribution in [-0.2, 0) is 4.74 Å². The van der Waals surface area contributed by atoms with Gasteiger partial charge < -0.3 is 4.74 Å². The normalized spacial score (nSPS) is 18.0. The van der Waals surface area contributed by atoms with Gasteiger partial charge in [0, 0.05) is 13.6 Å². The first kappa shape index (κ1) is 7.41. The second-order valence-corrected chi connectivity index (χ2v) is 2.63. The lowest BCUT2D eigenvalue weighted by Crippen LogP contribution is -2.29. The minimum Gasteiger partial charge on any atom is -0.476 e. The SMILES string of the molecule is CC(C)OC1=CCNN1C. The van der Waals surface area contributed by atoms with Crippen LogP contribution >= 0.6 is 0 Å². The number of nitrogens with one attached hydrogen (secondary N) is 1. The van der Waals surface area contributed by atoms with Gasteiger partial charge in [-0.3, -0.25) is 5.01 Å². The van der Waals surface area contributed by atoms with Crippen molar-refractivity contribution in [1.29, 1.82) is 0 Å². The molecule has 1 rings (SSSR count). The molecule has 1 heterocycles. The summed E-state index contributed by atoms with van der Waals surface area (Å²) in [4.78, 5) is 0. The summed E-state index contributed by atoms with van der Waals surface area (Å²) in [5.41, 5.74) is 3.09. The van der Waals surface area contributed by atoms with Crippen LogP contribution < -0.4 is 5.43 Å². The van der Waals surface area contributed by atoms with Gasteiger partial charge in [-0.2, -0.15) is 0 Å². The number of hydrazine groups is 1. The highest BCUT2D eigenvalue weighted by molar-refractivity contribution is 4.97. The van der Waals surface area contributed by atoms with Crippen molar-refractivity contribution in [3.63, 3.8) is 0 Å². The molecule has 0 aromatic heterocycles. The Bertz CT molecular complexity index is 143. The molecular formula is C7H14N2O. The van der Waals surface area contributed by atoms with E-state index in [0.717, 1.165) is 12.4 Å². The topological polar surface area (TPSA) is 24.5 Å². The van der Waals surface area contributed by atoms with Crippen molar-refractivity contribution in [3.05, 3.63) is 12.0 Å². The smallest absolute Gasteiger partial charge is 0.201 e. The average Bonchev–Trinajstić information content (AvgIpc) is 2.15. The van der Waals surface area contributed by atoms with E-state index in [1.54, 1.807) is 0 Å². The highest BCUT2D eigenvalue weighted by Crippen LogP contribution is 2.07. The van der Waals surface area contributed by atoms with Crippen LogP contribution in [0.1, 0.15) is 13.8 Å². The molecule has 10 heavy (non-hydrogen) atoms. The molecule has 0 saturated carbocycles. The first-order chi connectivity index (χ1) is 4.70. The molecule has 0 aromatic rings. The Hall–Kier alpha value is -0.700. The number of hydrogen-bond donors (Lipinski definition) is 1. The molecule has 0 spiro atoms. The molecule has 0 fully saturated rings. The van der Waals surface area contributed by atoms with E-state index in [9.17, 15) is 0 Å². The lowest BCUT2D eigenvalue weighted by Gasteiger charge is -2.18. The third-order valence-corrected chi connectivity index (χ3v) is 1.29. The fourth-order valence-corrected chi connectivity index (χ4v) is 0.853. The number of ether oxygens (including phenoxy) is 1. The maximum atomic E-state index is 5.45. The molecule has 3 nitrogen and oxygen atoms in total. The van der Waals surface area contributed by atoms with Crippen LogP contribution in [0, 0.1) is 0 Å². The molecule has 0 aromatic carbocycles. The molecule has 0 atom stereocenters. The summed E-state index contributed by atoms with van der Waals surface area (Å²) in [7, 11) is 1.95. The highest BCUT2D eigenvalue weighted by Gasteiger charge is 2.11. The van der Waals surface area contributed by atoms with Crippen LogP contribution in [0.15, 0.2) is 12.0 Å². The van der Waals surface area contributed by atoms with E-state index >= 15 is 0 Å². The molecule has 0 unspecified atom stereocenters. The Morgan fingerprint density at radius 2 is 2.40 bits per heavy atom. The van der Waals surface area contributed by atoms with Gasteiger partial charge in [0.15, 0.2) is 0 Å². The second kappa shape index (κ2) is 2.92. The van der Waals surface area contributed by atoms with E-state index < -0.39 is 0 Å². The Labute approximate surface area is 61.6 Å². The summed E-state index contributed by atoms with van der Waals surface area (Å²) in [6, 6.07) is 0. The zero-order valence-corrected chi connectivity index (χ0v) is 6.72. The third kappa shape index (κ3) is 1.64. The lowest BCUT2D eigenvalue weighted by molar-refractivity contribution is 0.0743. The number of hydrogen-bond acceptors (Lipinski definition) is 3. The van der Waals surface area contributed by atoms with E-state index in [1.807, 2.05) is 32.0 Å². The van der Waals surface area contributed by atoms with Crippen LogP contribution in [0.4, 0.5) is 0 Å². The predicted octanol–water partition coefficient (Wildman–Crippen LogP) is 0.703. The van der Waals surface area contributed by atoms with E-state index in [4.69, 9.17) is 4.74 Å². The van der Waals surface area contributed by atoms with Gasteiger partial charge >= 0.3 is 0 Å². The van der Waals surface area contributed by atoms with Crippen molar-refractivity contribution in [2.45, 2.75) is 20.0 Å². The van der Waals surface area contributed by atoms with Crippen molar-refractivity contribution >= 4 is 0 Å². The van der Waals surface area contributed by atoms with Crippen molar-refractivity contribution < 1.29 is 4.74 Å². The average molecular weight is 142 g/mol. The van der Waals surface area contributed by atoms with Crippen LogP contribution in [0.5, 0.6) is 0 Å². The fraction of sp³-hybridized carbons (Fsp3) is 0.714. The Balaban J connectivity index is 2.40. The molecule has 3 heteroatoms. The van der Waals surface area contributed by atoms with Gasteiger partial charge in [0.1, 0.15) is 0 Å². The Morgan fingerprint density at radius 3 is 2.80 bits per heavy atom. The van der Waals surface area contributed by atoms with Crippen LogP contribution in [0.25, 0.3) is 0 Å². The first-order valence-corrected chi connectivity index (χ1v) is 3.54. The zero-order valence-electron chi connectivity index (χ0n) is 6.72. The van der Waals surface area contributed by atoms with Crippen molar-refractivity contribution in [3.8, 4) is 0 Å². The van der Waals surface area contributed by atoms with Crippen LogP contribution in [-0.4, -0.2) is 24.7 Å². The van der Waals surface area contributed by atoms with Gasteiger partial charge in [-0.15, -0.1) is 0 Å². The van der Waals surface area contributed by atoms with Crippen molar-refractivity contribution in [1.82, 2.24) is 10.4 Å². The van der Waals surface area contributed by atoms with Crippen molar-refractivity contribution in [2.75, 3.05) is 13.6 Å². The largest absolute Gasteiger partial charge is 0.476 e. The molecule has 1 N–H and O–H groups in total. The quantitative estimate of drug-likeness (QED) is 0.614. The van der Waals surface area contributed by atoms with Gasteiger partial charge in [0.05, 0.1) is 6.10 Å². The van der Waals surface area contributed by atoms with Crippen molar-refractivity contribution in [2.24, 2.45) is 0 Å². The highest BCUT2D eigenvalue weighted by atomic mass is 16.5. The second-order valence-electron chi connectivity index (χ2n) is 2.63.